The van der Waals surface area contributed by atoms with Crippen LogP contribution in [0.5, 0.6) is 0 Å². The van der Waals surface area contributed by atoms with Crippen molar-refractivity contribution in [1.82, 2.24) is 0 Å². The van der Waals surface area contributed by atoms with Crippen molar-refractivity contribution in [3.63, 3.8) is 0 Å². The van der Waals surface area contributed by atoms with E-state index in [9.17, 15) is 0 Å². The zero-order valence-electron chi connectivity index (χ0n) is 13.2. The molecular weight excluding hydrogens is 256 g/mol. The van der Waals surface area contributed by atoms with E-state index in [0.717, 1.165) is 43.5 Å². The van der Waals surface area contributed by atoms with Gasteiger partial charge in [-0.25, -0.2) is 0 Å². The Balaban J connectivity index is 2.24. The molecule has 0 unspecified atom stereocenters. The molecule has 2 nitrogen and oxygen atoms in total. The highest BCUT2D eigenvalue weighted by Crippen LogP contribution is 2.20. The van der Waals surface area contributed by atoms with Crippen LogP contribution in [0.1, 0.15) is 48.9 Å². The molecule has 0 saturated heterocycles. The topological polar surface area (TPSA) is 52.0 Å². The molecule has 0 heterocycles. The van der Waals surface area contributed by atoms with Gasteiger partial charge in [0.2, 0.25) is 0 Å². The van der Waals surface area contributed by atoms with Gasteiger partial charge in [0.15, 0.2) is 0 Å². The highest BCUT2D eigenvalue weighted by Gasteiger charge is 2.03. The molecule has 21 heavy (non-hydrogen) atoms. The monoisotopic (exact) mass is 282 g/mol. The Bertz CT molecular complexity index is 549. The lowest BCUT2D eigenvalue weighted by Gasteiger charge is -2.10. The SMILES string of the molecule is CCCc1cc(N)cc(Cc2cc(N)cc(CCC)c2)c1. The van der Waals surface area contributed by atoms with E-state index >= 15 is 0 Å². The number of benzene rings is 2. The Morgan fingerprint density at radius 3 is 1.38 bits per heavy atom. The maximum absolute atomic E-state index is 6.03. The fourth-order valence-corrected chi connectivity index (χ4v) is 2.89. The predicted octanol–water partition coefficient (Wildman–Crippen LogP) is 4.35. The van der Waals surface area contributed by atoms with Gasteiger partial charge in [-0.2, -0.15) is 0 Å². The molecule has 0 aromatic heterocycles. The third-order valence-corrected chi connectivity index (χ3v) is 3.64. The van der Waals surface area contributed by atoms with E-state index in [2.05, 4.69) is 50.2 Å². The molecule has 0 amide bonds. The molecule has 0 fully saturated rings. The van der Waals surface area contributed by atoms with Crippen molar-refractivity contribution in [1.29, 1.82) is 0 Å². The van der Waals surface area contributed by atoms with Crippen molar-refractivity contribution < 1.29 is 0 Å². The maximum Gasteiger partial charge on any atom is 0.0319 e. The number of rotatable bonds is 6. The average Bonchev–Trinajstić information content (AvgIpc) is 2.37. The molecule has 2 aromatic carbocycles. The molecular formula is C19H26N2. The minimum absolute atomic E-state index is 0.855. The fourth-order valence-electron chi connectivity index (χ4n) is 2.89. The van der Waals surface area contributed by atoms with Gasteiger partial charge < -0.3 is 11.5 Å². The summed E-state index contributed by atoms with van der Waals surface area (Å²) in [6.45, 7) is 4.38. The van der Waals surface area contributed by atoms with Gasteiger partial charge in [-0.1, -0.05) is 38.8 Å². The van der Waals surface area contributed by atoms with E-state index in [4.69, 9.17) is 11.5 Å². The third-order valence-electron chi connectivity index (χ3n) is 3.64. The summed E-state index contributed by atoms with van der Waals surface area (Å²) in [6, 6.07) is 12.8. The van der Waals surface area contributed by atoms with Crippen molar-refractivity contribution in [2.24, 2.45) is 0 Å². The van der Waals surface area contributed by atoms with Crippen LogP contribution in [0.3, 0.4) is 0 Å². The Hall–Kier alpha value is -1.96. The number of nitrogens with two attached hydrogens (primary N) is 2. The normalized spacial score (nSPS) is 10.8. The van der Waals surface area contributed by atoms with Crippen molar-refractivity contribution in [2.45, 2.75) is 46.0 Å². The number of hydrogen-bond acceptors (Lipinski definition) is 2. The lowest BCUT2D eigenvalue weighted by atomic mass is 9.97. The molecule has 0 saturated carbocycles. The van der Waals surface area contributed by atoms with Crippen LogP contribution in [-0.4, -0.2) is 0 Å². The summed E-state index contributed by atoms with van der Waals surface area (Å²) in [5, 5.41) is 0. The fraction of sp³-hybridized carbons (Fsp3) is 0.368. The van der Waals surface area contributed by atoms with Crippen LogP contribution in [0, 0.1) is 0 Å². The first-order chi connectivity index (χ1) is 10.1. The van der Waals surface area contributed by atoms with Crippen molar-refractivity contribution >= 4 is 11.4 Å². The molecule has 0 bridgehead atoms. The minimum atomic E-state index is 0.855. The van der Waals surface area contributed by atoms with Crippen LogP contribution in [0.15, 0.2) is 36.4 Å². The summed E-state index contributed by atoms with van der Waals surface area (Å²) in [6.07, 6.45) is 5.33. The molecule has 2 aromatic rings. The second-order valence-corrected chi connectivity index (χ2v) is 5.84. The second kappa shape index (κ2) is 7.16. The van der Waals surface area contributed by atoms with Crippen LogP contribution < -0.4 is 11.5 Å². The Morgan fingerprint density at radius 1 is 0.619 bits per heavy atom. The van der Waals surface area contributed by atoms with Crippen molar-refractivity contribution in [3.8, 4) is 0 Å². The quantitative estimate of drug-likeness (QED) is 0.774. The molecule has 2 heteroatoms. The van der Waals surface area contributed by atoms with Crippen molar-refractivity contribution in [3.05, 3.63) is 58.7 Å². The third kappa shape index (κ3) is 4.52. The van der Waals surface area contributed by atoms with Gasteiger partial charge in [0.25, 0.3) is 0 Å². The summed E-state index contributed by atoms with van der Waals surface area (Å²) >= 11 is 0. The number of anilines is 2. The van der Waals surface area contributed by atoms with E-state index in [1.807, 2.05) is 0 Å². The van der Waals surface area contributed by atoms with Gasteiger partial charge in [-0.15, -0.1) is 0 Å². The van der Waals surface area contributed by atoms with Gasteiger partial charge in [0.1, 0.15) is 0 Å². The second-order valence-electron chi connectivity index (χ2n) is 5.84. The summed E-state index contributed by atoms with van der Waals surface area (Å²) in [4.78, 5) is 0. The smallest absolute Gasteiger partial charge is 0.0319 e. The zero-order chi connectivity index (χ0) is 15.2. The van der Waals surface area contributed by atoms with E-state index in [1.54, 1.807) is 0 Å². The summed E-state index contributed by atoms with van der Waals surface area (Å²) in [5.74, 6) is 0. The van der Waals surface area contributed by atoms with Crippen LogP contribution in [0.2, 0.25) is 0 Å². The highest BCUT2D eigenvalue weighted by molar-refractivity contribution is 5.49. The lowest BCUT2D eigenvalue weighted by molar-refractivity contribution is 0.915. The Kier molecular flexibility index (Phi) is 5.26. The highest BCUT2D eigenvalue weighted by atomic mass is 14.5. The van der Waals surface area contributed by atoms with E-state index < -0.39 is 0 Å². The van der Waals surface area contributed by atoms with Crippen LogP contribution in [0.25, 0.3) is 0 Å². The van der Waals surface area contributed by atoms with E-state index in [-0.39, 0.29) is 0 Å². The van der Waals surface area contributed by atoms with Crippen molar-refractivity contribution in [2.75, 3.05) is 11.5 Å². The Labute approximate surface area is 128 Å². The van der Waals surface area contributed by atoms with Gasteiger partial charge in [0.05, 0.1) is 0 Å². The molecule has 0 spiro atoms. The number of hydrogen-bond donors (Lipinski definition) is 2. The molecule has 112 valence electrons. The Morgan fingerprint density at radius 2 is 1.00 bits per heavy atom. The maximum atomic E-state index is 6.03. The molecule has 4 N–H and O–H groups in total. The summed E-state index contributed by atoms with van der Waals surface area (Å²) in [7, 11) is 0. The zero-order valence-corrected chi connectivity index (χ0v) is 13.2. The van der Waals surface area contributed by atoms with Gasteiger partial charge in [-0.05, 0) is 65.8 Å². The van der Waals surface area contributed by atoms with Gasteiger partial charge >= 0.3 is 0 Å². The average molecular weight is 282 g/mol. The molecule has 0 atom stereocenters. The molecule has 0 aliphatic rings. The molecule has 0 radical (unpaired) electrons. The number of nitrogen functional groups attached to an aromatic ring is 2. The summed E-state index contributed by atoms with van der Waals surface area (Å²) < 4.78 is 0. The van der Waals surface area contributed by atoms with E-state index in [1.165, 1.54) is 22.3 Å². The van der Waals surface area contributed by atoms with Crippen LogP contribution in [0.4, 0.5) is 11.4 Å². The lowest BCUT2D eigenvalue weighted by Crippen LogP contribution is -1.98. The largest absolute Gasteiger partial charge is 0.399 e. The standard InChI is InChI=1S/C19H26N2/c1-3-5-14-7-16(12-18(20)10-14)9-17-8-15(6-4-2)11-19(21)13-17/h7-8,10-13H,3-6,9,20-21H2,1-2H3. The van der Waals surface area contributed by atoms with Gasteiger partial charge in [-0.3, -0.25) is 0 Å². The van der Waals surface area contributed by atoms with E-state index in [0.29, 0.717) is 0 Å². The first kappa shape index (κ1) is 15.4. The predicted molar refractivity (Wildman–Crippen MR) is 92.5 cm³/mol. The molecule has 2 rings (SSSR count). The summed E-state index contributed by atoms with van der Waals surface area (Å²) in [5.41, 5.74) is 19.0. The molecule has 0 aliphatic carbocycles. The first-order valence-electron chi connectivity index (χ1n) is 7.87. The minimum Gasteiger partial charge on any atom is -0.399 e. The number of aryl methyl sites for hydroxylation is 2. The van der Waals surface area contributed by atoms with Crippen LogP contribution in [-0.2, 0) is 19.3 Å². The first-order valence-corrected chi connectivity index (χ1v) is 7.87. The van der Waals surface area contributed by atoms with Gasteiger partial charge in [0, 0.05) is 11.4 Å². The van der Waals surface area contributed by atoms with Crippen LogP contribution >= 0.6 is 0 Å². The molecule has 0 aliphatic heterocycles.